The number of benzene rings is 2. The Labute approximate surface area is 123 Å². The SMILES string of the molecule is c1ccc2c(c1)Cc1cc(NC3=NCCCS3)ccc1-2. The molecule has 4 rings (SSSR count). The average molecular weight is 280 g/mol. The van der Waals surface area contributed by atoms with Crippen LogP contribution in [0.3, 0.4) is 0 Å². The van der Waals surface area contributed by atoms with E-state index in [4.69, 9.17) is 0 Å². The zero-order valence-electron chi connectivity index (χ0n) is 11.2. The van der Waals surface area contributed by atoms with E-state index < -0.39 is 0 Å². The van der Waals surface area contributed by atoms with Gasteiger partial charge in [-0.15, -0.1) is 0 Å². The van der Waals surface area contributed by atoms with Crippen molar-refractivity contribution in [3.05, 3.63) is 53.6 Å². The van der Waals surface area contributed by atoms with Crippen molar-refractivity contribution in [1.29, 1.82) is 0 Å². The second kappa shape index (κ2) is 4.98. The highest BCUT2D eigenvalue weighted by Gasteiger charge is 2.18. The second-order valence-corrected chi connectivity index (χ2v) is 6.30. The van der Waals surface area contributed by atoms with Crippen molar-refractivity contribution in [3.63, 3.8) is 0 Å². The molecule has 1 aliphatic heterocycles. The number of nitrogens with zero attached hydrogens (tertiary/aromatic N) is 1. The summed E-state index contributed by atoms with van der Waals surface area (Å²) in [4.78, 5) is 4.53. The van der Waals surface area contributed by atoms with Crippen molar-refractivity contribution in [3.8, 4) is 11.1 Å². The van der Waals surface area contributed by atoms with Crippen LogP contribution >= 0.6 is 11.8 Å². The minimum atomic E-state index is 0.950. The Morgan fingerprint density at radius 1 is 1.00 bits per heavy atom. The highest BCUT2D eigenvalue weighted by Crippen LogP contribution is 2.37. The fourth-order valence-electron chi connectivity index (χ4n) is 2.88. The molecule has 0 bridgehead atoms. The number of thioether (sulfide) groups is 1. The van der Waals surface area contributed by atoms with Gasteiger partial charge in [-0.25, -0.2) is 0 Å². The van der Waals surface area contributed by atoms with E-state index in [0.29, 0.717) is 0 Å². The van der Waals surface area contributed by atoms with Gasteiger partial charge in [0.15, 0.2) is 5.17 Å². The number of amidine groups is 1. The summed E-state index contributed by atoms with van der Waals surface area (Å²) < 4.78 is 0. The number of hydrogen-bond acceptors (Lipinski definition) is 3. The molecule has 1 heterocycles. The normalized spacial score (nSPS) is 16.3. The number of hydrogen-bond donors (Lipinski definition) is 1. The molecular formula is C17H16N2S. The standard InChI is InChI=1S/C17H16N2S/c1-2-5-15-12(4-1)10-13-11-14(6-7-16(13)15)19-17-18-8-3-9-20-17/h1-2,4-7,11H,3,8-10H2,(H,18,19). The van der Waals surface area contributed by atoms with Gasteiger partial charge in [0, 0.05) is 18.0 Å². The van der Waals surface area contributed by atoms with Crippen LogP contribution in [-0.2, 0) is 6.42 Å². The maximum Gasteiger partial charge on any atom is 0.161 e. The van der Waals surface area contributed by atoms with Gasteiger partial charge in [-0.3, -0.25) is 4.99 Å². The molecule has 0 saturated carbocycles. The maximum absolute atomic E-state index is 4.53. The molecule has 0 aromatic heterocycles. The van der Waals surface area contributed by atoms with E-state index in [9.17, 15) is 0 Å². The lowest BCUT2D eigenvalue weighted by Gasteiger charge is -2.14. The van der Waals surface area contributed by atoms with Crippen LogP contribution in [0.1, 0.15) is 17.5 Å². The summed E-state index contributed by atoms with van der Waals surface area (Å²) in [5.41, 5.74) is 6.77. The molecule has 100 valence electrons. The molecule has 20 heavy (non-hydrogen) atoms. The van der Waals surface area contributed by atoms with Gasteiger partial charge in [0.05, 0.1) is 0 Å². The van der Waals surface area contributed by atoms with E-state index in [-0.39, 0.29) is 0 Å². The molecule has 0 saturated heterocycles. The van der Waals surface area contributed by atoms with Gasteiger partial charge < -0.3 is 5.32 Å². The van der Waals surface area contributed by atoms with Gasteiger partial charge in [-0.1, -0.05) is 42.1 Å². The third kappa shape index (κ3) is 2.12. The van der Waals surface area contributed by atoms with E-state index in [2.05, 4.69) is 52.8 Å². The molecule has 0 atom stereocenters. The zero-order chi connectivity index (χ0) is 13.4. The molecule has 2 aromatic rings. The van der Waals surface area contributed by atoms with E-state index >= 15 is 0 Å². The lowest BCUT2D eigenvalue weighted by Crippen LogP contribution is -2.13. The van der Waals surface area contributed by atoms with Crippen LogP contribution in [0.25, 0.3) is 11.1 Å². The monoisotopic (exact) mass is 280 g/mol. The van der Waals surface area contributed by atoms with Crippen LogP contribution < -0.4 is 5.32 Å². The Morgan fingerprint density at radius 2 is 1.90 bits per heavy atom. The molecule has 0 unspecified atom stereocenters. The molecule has 2 aromatic carbocycles. The van der Waals surface area contributed by atoms with Crippen molar-refractivity contribution in [2.75, 3.05) is 17.6 Å². The summed E-state index contributed by atoms with van der Waals surface area (Å²) in [5, 5.41) is 4.51. The number of nitrogens with one attached hydrogen (secondary N) is 1. The Morgan fingerprint density at radius 3 is 2.80 bits per heavy atom. The van der Waals surface area contributed by atoms with Gasteiger partial charge in [0.1, 0.15) is 0 Å². The van der Waals surface area contributed by atoms with Crippen molar-refractivity contribution in [2.24, 2.45) is 4.99 Å². The van der Waals surface area contributed by atoms with Gasteiger partial charge in [-0.05, 0) is 47.2 Å². The lowest BCUT2D eigenvalue weighted by atomic mass is 10.1. The molecule has 1 aliphatic carbocycles. The van der Waals surface area contributed by atoms with Gasteiger partial charge >= 0.3 is 0 Å². The molecule has 2 aliphatic rings. The quantitative estimate of drug-likeness (QED) is 0.723. The molecule has 0 amide bonds. The first-order chi connectivity index (χ1) is 9.90. The minimum absolute atomic E-state index is 0.950. The third-order valence-corrected chi connectivity index (χ3v) is 4.84. The zero-order valence-corrected chi connectivity index (χ0v) is 12.0. The summed E-state index contributed by atoms with van der Waals surface area (Å²) in [6.07, 6.45) is 2.23. The van der Waals surface area contributed by atoms with Crippen LogP contribution in [-0.4, -0.2) is 17.5 Å². The van der Waals surface area contributed by atoms with E-state index in [1.807, 2.05) is 11.8 Å². The van der Waals surface area contributed by atoms with Crippen LogP contribution in [0.4, 0.5) is 5.69 Å². The van der Waals surface area contributed by atoms with Crippen molar-refractivity contribution < 1.29 is 0 Å². The molecular weight excluding hydrogens is 264 g/mol. The van der Waals surface area contributed by atoms with Gasteiger partial charge in [0.2, 0.25) is 0 Å². The molecule has 0 radical (unpaired) electrons. The number of rotatable bonds is 1. The summed E-state index contributed by atoms with van der Waals surface area (Å²) in [6.45, 7) is 0.950. The molecule has 0 fully saturated rings. The predicted octanol–water partition coefficient (Wildman–Crippen LogP) is 4.16. The maximum atomic E-state index is 4.53. The first-order valence-corrected chi connectivity index (χ1v) is 8.04. The first-order valence-electron chi connectivity index (χ1n) is 7.06. The van der Waals surface area contributed by atoms with E-state index in [1.165, 1.54) is 34.4 Å². The second-order valence-electron chi connectivity index (χ2n) is 5.22. The lowest BCUT2D eigenvalue weighted by molar-refractivity contribution is 0.938. The molecule has 3 heteroatoms. The molecule has 1 N–H and O–H groups in total. The number of fused-ring (bicyclic) bond motifs is 3. The first kappa shape index (κ1) is 12.0. The topological polar surface area (TPSA) is 24.4 Å². The number of aliphatic imine (C=N–C) groups is 1. The summed E-state index contributed by atoms with van der Waals surface area (Å²) in [5.74, 6) is 1.17. The highest BCUT2D eigenvalue weighted by atomic mass is 32.2. The largest absolute Gasteiger partial charge is 0.335 e. The number of anilines is 1. The van der Waals surface area contributed by atoms with E-state index in [0.717, 1.165) is 23.8 Å². The Hall–Kier alpha value is -1.74. The summed E-state index contributed by atoms with van der Waals surface area (Å²) in [6, 6.07) is 15.4. The summed E-state index contributed by atoms with van der Waals surface area (Å²) >= 11 is 1.82. The van der Waals surface area contributed by atoms with E-state index in [1.54, 1.807) is 0 Å². The smallest absolute Gasteiger partial charge is 0.161 e. The summed E-state index contributed by atoms with van der Waals surface area (Å²) in [7, 11) is 0. The average Bonchev–Trinajstić information content (AvgIpc) is 2.86. The van der Waals surface area contributed by atoms with Crippen molar-refractivity contribution >= 4 is 22.6 Å². The predicted molar refractivity (Wildman–Crippen MR) is 87.7 cm³/mol. The van der Waals surface area contributed by atoms with Crippen LogP contribution in [0.15, 0.2) is 47.5 Å². The third-order valence-electron chi connectivity index (χ3n) is 3.84. The molecule has 0 spiro atoms. The Bertz CT molecular complexity index is 691. The van der Waals surface area contributed by atoms with Crippen molar-refractivity contribution in [2.45, 2.75) is 12.8 Å². The fourth-order valence-corrected chi connectivity index (χ4v) is 3.72. The Balaban J connectivity index is 1.63. The highest BCUT2D eigenvalue weighted by molar-refractivity contribution is 8.14. The van der Waals surface area contributed by atoms with Gasteiger partial charge in [0.25, 0.3) is 0 Å². The van der Waals surface area contributed by atoms with Crippen LogP contribution in [0, 0.1) is 0 Å². The van der Waals surface area contributed by atoms with Crippen LogP contribution in [0.5, 0.6) is 0 Å². The Kier molecular flexibility index (Phi) is 3.00. The van der Waals surface area contributed by atoms with Crippen molar-refractivity contribution in [1.82, 2.24) is 0 Å². The van der Waals surface area contributed by atoms with Gasteiger partial charge in [-0.2, -0.15) is 0 Å². The molecule has 2 nitrogen and oxygen atoms in total. The minimum Gasteiger partial charge on any atom is -0.335 e. The fraction of sp³-hybridized carbons (Fsp3) is 0.235. The van der Waals surface area contributed by atoms with Crippen LogP contribution in [0.2, 0.25) is 0 Å².